The van der Waals surface area contributed by atoms with E-state index < -0.39 is 5.82 Å². The van der Waals surface area contributed by atoms with Crippen molar-refractivity contribution in [2.45, 2.75) is 12.5 Å². The van der Waals surface area contributed by atoms with Crippen molar-refractivity contribution in [3.8, 4) is 11.3 Å². The Labute approximate surface area is 184 Å². The van der Waals surface area contributed by atoms with Gasteiger partial charge in [-0.25, -0.2) is 13.8 Å². The van der Waals surface area contributed by atoms with E-state index in [0.29, 0.717) is 18.1 Å². The summed E-state index contributed by atoms with van der Waals surface area (Å²) in [6.45, 7) is 0.512. The van der Waals surface area contributed by atoms with Crippen LogP contribution in [0.25, 0.3) is 11.3 Å². The van der Waals surface area contributed by atoms with Gasteiger partial charge in [-0.2, -0.15) is 0 Å². The molecule has 166 valence electrons. The lowest BCUT2D eigenvalue weighted by Gasteiger charge is -2.23. The summed E-state index contributed by atoms with van der Waals surface area (Å²) in [7, 11) is 5.16. The maximum Gasteiger partial charge on any atom is 0.255 e. The van der Waals surface area contributed by atoms with Crippen LogP contribution in [0.15, 0.2) is 53.6 Å². The van der Waals surface area contributed by atoms with Crippen LogP contribution in [0.3, 0.4) is 0 Å². The molecule has 2 heterocycles. The first-order valence-corrected chi connectivity index (χ1v) is 10.2. The molecule has 1 aromatic carbocycles. The van der Waals surface area contributed by atoms with E-state index in [0.717, 1.165) is 12.6 Å². The van der Waals surface area contributed by atoms with E-state index in [9.17, 15) is 18.4 Å². The fourth-order valence-electron chi connectivity index (χ4n) is 3.86. The molecule has 1 aliphatic carbocycles. The highest BCUT2D eigenvalue weighted by Crippen LogP contribution is 2.37. The van der Waals surface area contributed by atoms with Crippen LogP contribution in [0.5, 0.6) is 0 Å². The second-order valence-corrected chi connectivity index (χ2v) is 8.06. The predicted molar refractivity (Wildman–Crippen MR) is 116 cm³/mol. The minimum atomic E-state index is -0.549. The van der Waals surface area contributed by atoms with Gasteiger partial charge in [0.05, 0.1) is 11.9 Å². The van der Waals surface area contributed by atoms with Crippen LogP contribution in [0.4, 0.5) is 14.7 Å². The molecule has 2 atom stereocenters. The normalized spacial score (nSPS) is 17.2. The second kappa shape index (κ2) is 8.49. The first-order valence-electron chi connectivity index (χ1n) is 10.2. The van der Waals surface area contributed by atoms with Gasteiger partial charge in [0.15, 0.2) is 5.82 Å². The van der Waals surface area contributed by atoms with Crippen LogP contribution >= 0.6 is 0 Å². The SMILES string of the molecule is CN(C[C@@H]1C[C@H]1N(C)c1nc(-c2ccncc2F)cc(=O)n1C)C(=O)c1ccc(F)cc1. The molecule has 0 saturated heterocycles. The molecule has 1 fully saturated rings. The first-order chi connectivity index (χ1) is 15.3. The van der Waals surface area contributed by atoms with Gasteiger partial charge in [-0.1, -0.05) is 0 Å². The second-order valence-electron chi connectivity index (χ2n) is 8.06. The summed E-state index contributed by atoms with van der Waals surface area (Å²) in [4.78, 5) is 36.9. The van der Waals surface area contributed by atoms with Crippen molar-refractivity contribution in [1.29, 1.82) is 0 Å². The molecule has 0 N–H and O–H groups in total. The molecule has 0 radical (unpaired) electrons. The summed E-state index contributed by atoms with van der Waals surface area (Å²) in [6.07, 6.45) is 3.36. The van der Waals surface area contributed by atoms with E-state index in [-0.39, 0.29) is 40.5 Å². The molecule has 7 nitrogen and oxygen atoms in total. The van der Waals surface area contributed by atoms with Gasteiger partial charge in [0, 0.05) is 57.1 Å². The smallest absolute Gasteiger partial charge is 0.255 e. The van der Waals surface area contributed by atoms with E-state index >= 15 is 0 Å². The standard InChI is InChI=1S/C23H23F2N5O2/c1-28(22(32)14-4-6-16(24)7-5-14)13-15-10-20(15)29(2)23-27-19(11-21(31)30(23)3)17-8-9-26-12-18(17)25/h4-9,11-12,15,20H,10,13H2,1-3H3/t15-,20+/m0/s1. The third kappa shape index (κ3) is 4.23. The summed E-state index contributed by atoms with van der Waals surface area (Å²) < 4.78 is 28.7. The number of nitrogens with zero attached hydrogens (tertiary/aromatic N) is 5. The summed E-state index contributed by atoms with van der Waals surface area (Å²) in [5.41, 5.74) is 0.587. The molecule has 1 saturated carbocycles. The zero-order valence-electron chi connectivity index (χ0n) is 18.0. The highest BCUT2D eigenvalue weighted by molar-refractivity contribution is 5.94. The largest absolute Gasteiger partial charge is 0.342 e. The highest BCUT2D eigenvalue weighted by Gasteiger charge is 2.42. The number of pyridine rings is 1. The summed E-state index contributed by atoms with van der Waals surface area (Å²) in [6, 6.07) is 8.32. The Morgan fingerprint density at radius 3 is 2.59 bits per heavy atom. The average Bonchev–Trinajstić information content (AvgIpc) is 3.54. The first kappa shape index (κ1) is 21.6. The topological polar surface area (TPSA) is 71.3 Å². The number of benzene rings is 1. The Bertz CT molecular complexity index is 1210. The van der Waals surface area contributed by atoms with Gasteiger partial charge in [-0.15, -0.1) is 0 Å². The molecule has 32 heavy (non-hydrogen) atoms. The Balaban J connectivity index is 1.49. The third-order valence-corrected chi connectivity index (χ3v) is 5.80. The zero-order valence-corrected chi connectivity index (χ0v) is 18.0. The van der Waals surface area contributed by atoms with Crippen molar-refractivity contribution in [3.05, 3.63) is 76.3 Å². The zero-order chi connectivity index (χ0) is 23.0. The molecule has 9 heteroatoms. The Hall–Kier alpha value is -3.62. The molecule has 0 bridgehead atoms. The molecule has 1 amide bonds. The number of carbonyl (C=O) groups excluding carboxylic acids is 1. The Morgan fingerprint density at radius 2 is 1.91 bits per heavy atom. The van der Waals surface area contributed by atoms with Crippen LogP contribution in [0.1, 0.15) is 16.8 Å². The average molecular weight is 439 g/mol. The Kier molecular flexibility index (Phi) is 5.73. The molecule has 0 unspecified atom stereocenters. The number of halogens is 2. The van der Waals surface area contributed by atoms with Crippen LogP contribution < -0.4 is 10.5 Å². The molecule has 0 aliphatic heterocycles. The quantitative estimate of drug-likeness (QED) is 0.591. The van der Waals surface area contributed by atoms with E-state index in [1.165, 1.54) is 47.2 Å². The van der Waals surface area contributed by atoms with Crippen LogP contribution in [-0.4, -0.2) is 52.0 Å². The number of anilines is 1. The molecule has 1 aliphatic rings. The summed E-state index contributed by atoms with van der Waals surface area (Å²) >= 11 is 0. The predicted octanol–water partition coefficient (Wildman–Crippen LogP) is 2.72. The molecule has 0 spiro atoms. The van der Waals surface area contributed by atoms with Gasteiger partial charge in [0.2, 0.25) is 5.95 Å². The Morgan fingerprint density at radius 1 is 1.19 bits per heavy atom. The molecule has 2 aromatic heterocycles. The lowest BCUT2D eigenvalue weighted by atomic mass is 10.2. The van der Waals surface area contributed by atoms with Gasteiger partial charge in [-0.05, 0) is 42.7 Å². The number of hydrogen-bond acceptors (Lipinski definition) is 5. The van der Waals surface area contributed by atoms with E-state index in [2.05, 4.69) is 9.97 Å². The molecular weight excluding hydrogens is 416 g/mol. The third-order valence-electron chi connectivity index (χ3n) is 5.80. The summed E-state index contributed by atoms with van der Waals surface area (Å²) in [5, 5.41) is 0. The number of rotatable bonds is 6. The maximum absolute atomic E-state index is 14.2. The fourth-order valence-corrected chi connectivity index (χ4v) is 3.86. The number of aromatic nitrogens is 3. The van der Waals surface area contributed by atoms with E-state index in [4.69, 9.17) is 0 Å². The van der Waals surface area contributed by atoms with Gasteiger partial charge in [0.1, 0.15) is 5.82 Å². The van der Waals surface area contributed by atoms with Crippen molar-refractivity contribution in [1.82, 2.24) is 19.4 Å². The maximum atomic E-state index is 14.2. The van der Waals surface area contributed by atoms with Crippen molar-refractivity contribution in [3.63, 3.8) is 0 Å². The monoisotopic (exact) mass is 439 g/mol. The van der Waals surface area contributed by atoms with Gasteiger partial charge in [-0.3, -0.25) is 19.1 Å². The lowest BCUT2D eigenvalue weighted by molar-refractivity contribution is 0.0788. The van der Waals surface area contributed by atoms with Gasteiger partial charge in [0.25, 0.3) is 11.5 Å². The van der Waals surface area contributed by atoms with Crippen LogP contribution in [0, 0.1) is 17.6 Å². The van der Waals surface area contributed by atoms with Crippen LogP contribution in [-0.2, 0) is 7.05 Å². The van der Waals surface area contributed by atoms with Crippen molar-refractivity contribution >= 4 is 11.9 Å². The molecular formula is C23H23F2N5O2. The van der Waals surface area contributed by atoms with Crippen LogP contribution in [0.2, 0.25) is 0 Å². The van der Waals surface area contributed by atoms with Crippen molar-refractivity contribution in [2.75, 3.05) is 25.5 Å². The van der Waals surface area contributed by atoms with Crippen molar-refractivity contribution < 1.29 is 13.6 Å². The number of hydrogen-bond donors (Lipinski definition) is 0. The molecule has 4 rings (SSSR count). The minimum Gasteiger partial charge on any atom is -0.342 e. The lowest BCUT2D eigenvalue weighted by Crippen LogP contribution is -2.34. The number of carbonyl (C=O) groups is 1. The van der Waals surface area contributed by atoms with Gasteiger partial charge < -0.3 is 9.80 Å². The highest BCUT2D eigenvalue weighted by atomic mass is 19.1. The van der Waals surface area contributed by atoms with Crippen molar-refractivity contribution in [2.24, 2.45) is 13.0 Å². The fraction of sp³-hybridized carbons (Fsp3) is 0.304. The van der Waals surface area contributed by atoms with E-state index in [1.807, 2.05) is 11.9 Å². The minimum absolute atomic E-state index is 0.0779. The molecule has 3 aromatic rings. The summed E-state index contributed by atoms with van der Waals surface area (Å²) in [5.74, 6) is -0.512. The van der Waals surface area contributed by atoms with Gasteiger partial charge >= 0.3 is 0 Å². The van der Waals surface area contributed by atoms with E-state index in [1.54, 1.807) is 19.0 Å². The number of amides is 1.